The second kappa shape index (κ2) is 6.15. The highest BCUT2D eigenvalue weighted by molar-refractivity contribution is 5.69. The molecule has 2 fully saturated rings. The number of ether oxygens (including phenoxy) is 2. The summed E-state index contributed by atoms with van der Waals surface area (Å²) in [5, 5.41) is 0. The van der Waals surface area contributed by atoms with E-state index < -0.39 is 17.7 Å². The molecule has 0 spiro atoms. The average molecular weight is 284 g/mol. The second-order valence-corrected chi connectivity index (χ2v) is 7.12. The maximum absolute atomic E-state index is 10.5. The van der Waals surface area contributed by atoms with Crippen molar-refractivity contribution in [2.45, 2.75) is 73.0 Å². The second-order valence-electron chi connectivity index (χ2n) is 7.12. The van der Waals surface area contributed by atoms with Crippen molar-refractivity contribution in [3.05, 3.63) is 0 Å². The first kappa shape index (κ1) is 17.0. The molecule has 0 N–H and O–H groups in total. The Bertz CT molecular complexity index is 349. The van der Waals surface area contributed by atoms with Crippen LogP contribution in [0.4, 0.5) is 0 Å². The Labute approximate surface area is 122 Å². The Kier molecular flexibility index (Phi) is 5.22. The van der Waals surface area contributed by atoms with E-state index >= 15 is 0 Å². The molecular weight excluding hydrogens is 256 g/mol. The van der Waals surface area contributed by atoms with Gasteiger partial charge in [0.25, 0.3) is 5.79 Å². The fraction of sp³-hybridized carbons (Fsp3) is 0.875. The molecule has 116 valence electrons. The van der Waals surface area contributed by atoms with Crippen molar-refractivity contribution < 1.29 is 19.1 Å². The van der Waals surface area contributed by atoms with E-state index in [9.17, 15) is 9.59 Å². The van der Waals surface area contributed by atoms with Crippen molar-refractivity contribution in [3.8, 4) is 0 Å². The average Bonchev–Trinajstić information content (AvgIpc) is 3.06. The van der Waals surface area contributed by atoms with E-state index in [1.165, 1.54) is 26.7 Å². The van der Waals surface area contributed by atoms with Crippen LogP contribution in [0.5, 0.6) is 0 Å². The largest absolute Gasteiger partial charge is 0.423 e. The van der Waals surface area contributed by atoms with Gasteiger partial charge in [0.15, 0.2) is 0 Å². The van der Waals surface area contributed by atoms with Gasteiger partial charge in [-0.3, -0.25) is 9.59 Å². The van der Waals surface area contributed by atoms with Gasteiger partial charge in [-0.25, -0.2) is 0 Å². The lowest BCUT2D eigenvalue weighted by atomic mass is 10.0. The first-order valence-electron chi connectivity index (χ1n) is 7.45. The predicted molar refractivity (Wildman–Crippen MR) is 76.8 cm³/mol. The zero-order valence-corrected chi connectivity index (χ0v) is 13.6. The van der Waals surface area contributed by atoms with Gasteiger partial charge in [-0.15, -0.1) is 0 Å². The zero-order chi connectivity index (χ0) is 15.6. The molecule has 0 heterocycles. The van der Waals surface area contributed by atoms with Gasteiger partial charge >= 0.3 is 11.9 Å². The highest BCUT2D eigenvalue weighted by Gasteiger charge is 2.50. The summed E-state index contributed by atoms with van der Waals surface area (Å²) in [7, 11) is 0. The summed E-state index contributed by atoms with van der Waals surface area (Å²) in [4.78, 5) is 20.9. The molecule has 2 rings (SSSR count). The van der Waals surface area contributed by atoms with Crippen molar-refractivity contribution in [3.63, 3.8) is 0 Å². The van der Waals surface area contributed by atoms with Crippen molar-refractivity contribution in [2.75, 3.05) is 0 Å². The summed E-state index contributed by atoms with van der Waals surface area (Å²) in [6, 6.07) is 0. The van der Waals surface area contributed by atoms with Crippen LogP contribution in [0.1, 0.15) is 67.2 Å². The highest BCUT2D eigenvalue weighted by atomic mass is 16.7. The molecule has 4 nitrogen and oxygen atoms in total. The predicted octanol–water partition coefficient (Wildman–Crippen LogP) is 3.68. The van der Waals surface area contributed by atoms with E-state index in [0.29, 0.717) is 18.3 Å². The molecule has 0 radical (unpaired) electrons. The summed E-state index contributed by atoms with van der Waals surface area (Å²) in [6.07, 6.45) is 4.14. The molecule has 1 unspecified atom stereocenters. The summed E-state index contributed by atoms with van der Waals surface area (Å²) >= 11 is 0. The van der Waals surface area contributed by atoms with Crippen LogP contribution in [0.15, 0.2) is 0 Å². The molecule has 0 aromatic carbocycles. The monoisotopic (exact) mass is 284 g/mol. The van der Waals surface area contributed by atoms with Crippen LogP contribution in [0, 0.1) is 17.3 Å². The van der Waals surface area contributed by atoms with Crippen LogP contribution in [0.2, 0.25) is 0 Å². The van der Waals surface area contributed by atoms with Gasteiger partial charge in [-0.1, -0.05) is 27.7 Å². The minimum Gasteiger partial charge on any atom is -0.423 e. The Morgan fingerprint density at radius 1 is 1.10 bits per heavy atom. The number of hydrogen-bond donors (Lipinski definition) is 0. The number of esters is 2. The molecule has 0 saturated heterocycles. The maximum Gasteiger partial charge on any atom is 0.305 e. The summed E-state index contributed by atoms with van der Waals surface area (Å²) in [5.74, 6) is 0.208. The zero-order valence-electron chi connectivity index (χ0n) is 13.6. The van der Waals surface area contributed by atoms with Gasteiger partial charge in [0, 0.05) is 26.7 Å². The van der Waals surface area contributed by atoms with Gasteiger partial charge in [0.05, 0.1) is 0 Å². The van der Waals surface area contributed by atoms with Crippen molar-refractivity contribution in [1.82, 2.24) is 0 Å². The van der Waals surface area contributed by atoms with E-state index in [-0.39, 0.29) is 0 Å². The van der Waals surface area contributed by atoms with Gasteiger partial charge in [-0.05, 0) is 30.1 Å². The Hall–Kier alpha value is -1.06. The van der Waals surface area contributed by atoms with E-state index in [1.807, 2.05) is 0 Å². The minimum absolute atomic E-state index is 0.413. The number of carbonyl (C=O) groups is 2. The lowest BCUT2D eigenvalue weighted by Gasteiger charge is -2.14. The maximum atomic E-state index is 10.5. The number of rotatable bonds is 4. The molecule has 0 aromatic rings. The van der Waals surface area contributed by atoms with Crippen LogP contribution in [0.25, 0.3) is 0 Å². The van der Waals surface area contributed by atoms with E-state index in [1.54, 1.807) is 0 Å². The van der Waals surface area contributed by atoms with E-state index in [4.69, 9.17) is 9.47 Å². The first-order valence-corrected chi connectivity index (χ1v) is 7.45. The molecule has 2 aliphatic carbocycles. The van der Waals surface area contributed by atoms with Gasteiger partial charge in [0.2, 0.25) is 0 Å². The molecule has 0 bridgehead atoms. The third-order valence-corrected chi connectivity index (χ3v) is 3.79. The van der Waals surface area contributed by atoms with Crippen molar-refractivity contribution in [2.24, 2.45) is 17.3 Å². The fourth-order valence-corrected chi connectivity index (χ4v) is 2.40. The van der Waals surface area contributed by atoms with Gasteiger partial charge in [-0.2, -0.15) is 0 Å². The smallest absolute Gasteiger partial charge is 0.305 e. The molecule has 2 aliphatic rings. The number of carbonyl (C=O) groups excluding carboxylic acids is 2. The molecule has 2 saturated carbocycles. The molecule has 0 amide bonds. The third-order valence-electron chi connectivity index (χ3n) is 3.79. The molecule has 4 heteroatoms. The third kappa shape index (κ3) is 5.93. The summed E-state index contributed by atoms with van der Waals surface area (Å²) < 4.78 is 9.56. The van der Waals surface area contributed by atoms with Gasteiger partial charge < -0.3 is 9.47 Å². The lowest BCUT2D eigenvalue weighted by Crippen LogP contribution is -2.23. The fourth-order valence-electron chi connectivity index (χ4n) is 2.40. The van der Waals surface area contributed by atoms with Gasteiger partial charge in [0.1, 0.15) is 0 Å². The van der Waals surface area contributed by atoms with Crippen molar-refractivity contribution in [1.29, 1.82) is 0 Å². The van der Waals surface area contributed by atoms with E-state index in [2.05, 4.69) is 27.7 Å². The van der Waals surface area contributed by atoms with Crippen LogP contribution < -0.4 is 0 Å². The van der Waals surface area contributed by atoms with Crippen LogP contribution in [0.3, 0.4) is 0 Å². The first-order chi connectivity index (χ1) is 9.06. The molecule has 20 heavy (non-hydrogen) atoms. The quantitative estimate of drug-likeness (QED) is 0.583. The number of hydrogen-bond acceptors (Lipinski definition) is 4. The molecular formula is C16H28O4. The van der Waals surface area contributed by atoms with Crippen LogP contribution in [-0.4, -0.2) is 17.7 Å². The van der Waals surface area contributed by atoms with Crippen LogP contribution >= 0.6 is 0 Å². The minimum atomic E-state index is -0.905. The van der Waals surface area contributed by atoms with Crippen molar-refractivity contribution >= 4 is 11.9 Å². The lowest BCUT2D eigenvalue weighted by molar-refractivity contribution is -0.193. The van der Waals surface area contributed by atoms with E-state index in [0.717, 1.165) is 11.8 Å². The summed E-state index contributed by atoms with van der Waals surface area (Å²) in [5.41, 5.74) is 0.699. The highest BCUT2D eigenvalue weighted by Crippen LogP contribution is 2.54. The topological polar surface area (TPSA) is 52.6 Å². The standard InChI is InChI=1S/C9H18.C7H10O4/c1-7(2)5-8-6-9(8,3)4;1-5(8)10-7(3-4-7)11-6(2)9/h7-8H,5-6H2,1-4H3;3-4H2,1-2H3. The SMILES string of the molecule is CC(=O)OC1(OC(C)=O)CC1.CC(C)CC1CC1(C)C. The molecule has 0 aromatic heterocycles. The Morgan fingerprint density at radius 3 is 1.65 bits per heavy atom. The van der Waals surface area contributed by atoms with Crippen LogP contribution in [-0.2, 0) is 19.1 Å². The molecule has 1 atom stereocenters. The molecule has 0 aliphatic heterocycles. The Balaban J connectivity index is 0.000000204. The normalized spacial score (nSPS) is 24.2. The Morgan fingerprint density at radius 2 is 1.50 bits per heavy atom. The summed E-state index contributed by atoms with van der Waals surface area (Å²) in [6.45, 7) is 12.0.